The molecule has 0 saturated heterocycles. The minimum Gasteiger partial charge on any atom is -0.354 e. The Hall–Kier alpha value is -0.860. The van der Waals surface area contributed by atoms with E-state index in [1.54, 1.807) is 0 Å². The predicted molar refractivity (Wildman–Crippen MR) is 103 cm³/mol. The van der Waals surface area contributed by atoms with Crippen molar-refractivity contribution in [3.63, 3.8) is 0 Å². The van der Waals surface area contributed by atoms with Gasteiger partial charge in [0.2, 0.25) is 0 Å². The molecule has 0 spiro atoms. The number of aromatic nitrogens is 3. The Labute approximate surface area is 155 Å². The van der Waals surface area contributed by atoms with Crippen molar-refractivity contribution in [1.29, 1.82) is 0 Å². The molecule has 0 aromatic carbocycles. The highest BCUT2D eigenvalue weighted by Gasteiger charge is 2.17. The van der Waals surface area contributed by atoms with Gasteiger partial charge in [-0.2, -0.15) is 0 Å². The second-order valence-electron chi connectivity index (χ2n) is 6.40. The molecule has 23 heavy (non-hydrogen) atoms. The molecule has 1 aromatic rings. The number of hydrogen-bond acceptors (Lipinski definition) is 3. The highest BCUT2D eigenvalue weighted by atomic mass is 127. The van der Waals surface area contributed by atoms with E-state index in [9.17, 15) is 0 Å². The van der Waals surface area contributed by atoms with Gasteiger partial charge < -0.3 is 15.2 Å². The fraction of sp³-hybridized carbons (Fsp3) is 0.812. The quantitative estimate of drug-likeness (QED) is 0.438. The molecule has 0 unspecified atom stereocenters. The molecule has 1 aromatic heterocycles. The third-order valence-electron chi connectivity index (χ3n) is 4.77. The van der Waals surface area contributed by atoms with Gasteiger partial charge in [0, 0.05) is 26.1 Å². The molecule has 1 aliphatic heterocycles. The van der Waals surface area contributed by atoms with Crippen LogP contribution in [0.4, 0.5) is 0 Å². The molecule has 1 fully saturated rings. The van der Waals surface area contributed by atoms with E-state index in [1.165, 1.54) is 51.4 Å². The maximum Gasteiger partial charge on any atom is 0.191 e. The van der Waals surface area contributed by atoms with Crippen molar-refractivity contribution in [2.75, 3.05) is 7.05 Å². The van der Waals surface area contributed by atoms with Crippen LogP contribution in [0.2, 0.25) is 0 Å². The van der Waals surface area contributed by atoms with Gasteiger partial charge in [0.05, 0.1) is 6.54 Å². The number of guanidine groups is 1. The highest BCUT2D eigenvalue weighted by Crippen LogP contribution is 2.17. The van der Waals surface area contributed by atoms with Gasteiger partial charge in [-0.1, -0.05) is 25.7 Å². The summed E-state index contributed by atoms with van der Waals surface area (Å²) in [5, 5.41) is 15.7. The van der Waals surface area contributed by atoms with Crippen molar-refractivity contribution in [1.82, 2.24) is 25.4 Å². The average molecular weight is 432 g/mol. The van der Waals surface area contributed by atoms with Crippen LogP contribution in [-0.2, 0) is 19.5 Å². The Morgan fingerprint density at radius 2 is 1.91 bits per heavy atom. The van der Waals surface area contributed by atoms with Gasteiger partial charge in [-0.25, -0.2) is 0 Å². The third kappa shape index (κ3) is 5.06. The lowest BCUT2D eigenvalue weighted by atomic mass is 9.96. The van der Waals surface area contributed by atoms with Crippen LogP contribution in [0.5, 0.6) is 0 Å². The van der Waals surface area contributed by atoms with Crippen molar-refractivity contribution < 1.29 is 0 Å². The van der Waals surface area contributed by atoms with Crippen LogP contribution in [0.25, 0.3) is 0 Å². The summed E-state index contributed by atoms with van der Waals surface area (Å²) in [6.45, 7) is 1.74. The van der Waals surface area contributed by atoms with E-state index >= 15 is 0 Å². The SMILES string of the molecule is CN=C(NCc1nnc2n1CCCCC2)NC1CCCCC1.I. The van der Waals surface area contributed by atoms with Gasteiger partial charge in [-0.15, -0.1) is 34.2 Å². The van der Waals surface area contributed by atoms with Gasteiger partial charge >= 0.3 is 0 Å². The molecule has 2 heterocycles. The molecule has 0 bridgehead atoms. The Kier molecular flexibility index (Phi) is 7.58. The van der Waals surface area contributed by atoms with Crippen LogP contribution >= 0.6 is 24.0 Å². The predicted octanol–water partition coefficient (Wildman–Crippen LogP) is 2.62. The maximum atomic E-state index is 4.36. The lowest BCUT2D eigenvalue weighted by molar-refractivity contribution is 0.409. The molecular weight excluding hydrogens is 403 g/mol. The molecule has 130 valence electrons. The molecule has 0 amide bonds. The fourth-order valence-corrected chi connectivity index (χ4v) is 3.47. The van der Waals surface area contributed by atoms with Crippen molar-refractivity contribution in [3.8, 4) is 0 Å². The number of rotatable bonds is 3. The third-order valence-corrected chi connectivity index (χ3v) is 4.77. The zero-order valence-electron chi connectivity index (χ0n) is 14.1. The van der Waals surface area contributed by atoms with E-state index in [2.05, 4.69) is 30.4 Å². The second kappa shape index (κ2) is 9.44. The molecule has 7 heteroatoms. The van der Waals surface area contributed by atoms with Crippen molar-refractivity contribution in [2.24, 2.45) is 4.99 Å². The topological polar surface area (TPSA) is 67.1 Å². The first kappa shape index (κ1) is 18.5. The summed E-state index contributed by atoms with van der Waals surface area (Å²) in [4.78, 5) is 4.35. The van der Waals surface area contributed by atoms with E-state index in [4.69, 9.17) is 0 Å². The summed E-state index contributed by atoms with van der Waals surface area (Å²) >= 11 is 0. The van der Waals surface area contributed by atoms with Gasteiger partial charge in [0.15, 0.2) is 11.8 Å². The normalized spacial score (nSPS) is 19.4. The summed E-state index contributed by atoms with van der Waals surface area (Å²) in [5.41, 5.74) is 0. The molecular formula is C16H29IN6. The van der Waals surface area contributed by atoms with Crippen LogP contribution in [0.3, 0.4) is 0 Å². The number of aliphatic imine (C=N–C) groups is 1. The molecule has 0 radical (unpaired) electrons. The van der Waals surface area contributed by atoms with Crippen LogP contribution in [0.15, 0.2) is 4.99 Å². The number of nitrogens with zero attached hydrogens (tertiary/aromatic N) is 4. The number of halogens is 1. The highest BCUT2D eigenvalue weighted by molar-refractivity contribution is 14.0. The van der Waals surface area contributed by atoms with E-state index in [-0.39, 0.29) is 24.0 Å². The first-order chi connectivity index (χ1) is 10.9. The Balaban J connectivity index is 0.00000192. The minimum atomic E-state index is 0. The number of fused-ring (bicyclic) bond motifs is 1. The molecule has 0 atom stereocenters. The van der Waals surface area contributed by atoms with Crippen LogP contribution in [0, 0.1) is 0 Å². The second-order valence-corrected chi connectivity index (χ2v) is 6.40. The van der Waals surface area contributed by atoms with E-state index < -0.39 is 0 Å². The molecule has 1 aliphatic carbocycles. The van der Waals surface area contributed by atoms with Crippen LogP contribution < -0.4 is 10.6 Å². The lowest BCUT2D eigenvalue weighted by Gasteiger charge is -2.24. The van der Waals surface area contributed by atoms with Crippen molar-refractivity contribution in [2.45, 2.75) is 76.9 Å². The fourth-order valence-electron chi connectivity index (χ4n) is 3.47. The lowest BCUT2D eigenvalue weighted by Crippen LogP contribution is -2.44. The monoisotopic (exact) mass is 432 g/mol. The summed E-state index contributed by atoms with van der Waals surface area (Å²) in [6.07, 6.45) is 11.3. The molecule has 2 N–H and O–H groups in total. The Morgan fingerprint density at radius 3 is 2.70 bits per heavy atom. The van der Waals surface area contributed by atoms with E-state index in [1.807, 2.05) is 7.05 Å². The molecule has 1 saturated carbocycles. The average Bonchev–Trinajstić information content (AvgIpc) is 2.79. The van der Waals surface area contributed by atoms with Gasteiger partial charge in [-0.3, -0.25) is 4.99 Å². The Morgan fingerprint density at radius 1 is 1.13 bits per heavy atom. The van der Waals surface area contributed by atoms with E-state index in [0.29, 0.717) is 12.6 Å². The summed E-state index contributed by atoms with van der Waals surface area (Å²) in [6, 6.07) is 0.565. The first-order valence-electron chi connectivity index (χ1n) is 8.75. The van der Waals surface area contributed by atoms with Crippen LogP contribution in [-0.4, -0.2) is 33.8 Å². The van der Waals surface area contributed by atoms with Gasteiger partial charge in [-0.05, 0) is 25.7 Å². The number of aryl methyl sites for hydroxylation is 1. The first-order valence-corrected chi connectivity index (χ1v) is 8.75. The zero-order valence-corrected chi connectivity index (χ0v) is 16.4. The van der Waals surface area contributed by atoms with Gasteiger partial charge in [0.1, 0.15) is 5.82 Å². The molecule has 6 nitrogen and oxygen atoms in total. The molecule has 3 rings (SSSR count). The number of nitrogens with one attached hydrogen (secondary N) is 2. The Bertz CT molecular complexity index is 507. The molecule has 2 aliphatic rings. The summed E-state index contributed by atoms with van der Waals surface area (Å²) in [7, 11) is 1.84. The summed E-state index contributed by atoms with van der Waals surface area (Å²) in [5.74, 6) is 3.06. The van der Waals surface area contributed by atoms with Crippen LogP contribution in [0.1, 0.15) is 63.0 Å². The van der Waals surface area contributed by atoms with E-state index in [0.717, 1.165) is 30.6 Å². The zero-order chi connectivity index (χ0) is 15.2. The summed E-state index contributed by atoms with van der Waals surface area (Å²) < 4.78 is 2.29. The van der Waals surface area contributed by atoms with Crippen molar-refractivity contribution >= 4 is 29.9 Å². The minimum absolute atomic E-state index is 0. The number of hydrogen-bond donors (Lipinski definition) is 2. The van der Waals surface area contributed by atoms with Crippen molar-refractivity contribution in [3.05, 3.63) is 11.6 Å². The maximum absolute atomic E-state index is 4.36. The smallest absolute Gasteiger partial charge is 0.191 e. The van der Waals surface area contributed by atoms with Gasteiger partial charge in [0.25, 0.3) is 0 Å². The standard InChI is InChI=1S/C16H28N6.HI/c1-17-16(19-13-8-4-2-5-9-13)18-12-15-21-20-14-10-6-3-7-11-22(14)15;/h13H,2-12H2,1H3,(H2,17,18,19);1H. The largest absolute Gasteiger partial charge is 0.354 e.